The first-order valence-corrected chi connectivity index (χ1v) is 8.30. The van der Waals surface area contributed by atoms with Crippen molar-refractivity contribution in [3.63, 3.8) is 0 Å². The molecule has 0 aromatic heterocycles. The molecule has 0 aromatic rings. The number of fused-ring (bicyclic) bond motifs is 2. The second kappa shape index (κ2) is 4.55. The fraction of sp³-hybridized carbons (Fsp3) is 1.00. The summed E-state index contributed by atoms with van der Waals surface area (Å²) in [6.07, 6.45) is 1.60. The third kappa shape index (κ3) is 1.72. The maximum Gasteiger partial charge on any atom is 0.142 e. The van der Waals surface area contributed by atoms with Crippen LogP contribution in [0, 0.1) is 16.7 Å². The zero-order valence-electron chi connectivity index (χ0n) is 11.6. The van der Waals surface area contributed by atoms with Gasteiger partial charge in [0.15, 0.2) is 0 Å². The summed E-state index contributed by atoms with van der Waals surface area (Å²) in [5.41, 5.74) is 1.27. The Hall–Kier alpha value is 0.610. The second-order valence-electron chi connectivity index (χ2n) is 6.40. The van der Waals surface area contributed by atoms with Gasteiger partial charge in [0.1, 0.15) is 4.33 Å². The van der Waals surface area contributed by atoms with Gasteiger partial charge in [-0.1, -0.05) is 48.1 Å². The van der Waals surface area contributed by atoms with Crippen molar-refractivity contribution >= 4 is 34.3 Å². The fourth-order valence-corrected chi connectivity index (χ4v) is 6.99. The lowest BCUT2D eigenvalue weighted by Gasteiger charge is -2.52. The molecule has 0 aromatic carbocycles. The molecule has 112 valence electrons. The summed E-state index contributed by atoms with van der Waals surface area (Å²) in [6, 6.07) is 0. The molecular weight excluding hydrogens is 309 g/mol. The summed E-state index contributed by atoms with van der Waals surface area (Å²) in [7, 11) is 1.50. The average molecular weight is 329 g/mol. The zero-order valence-corrected chi connectivity index (χ0v) is 13.9. The Labute approximate surface area is 126 Å². The Bertz CT molecular complexity index is 418. The molecule has 2 bridgehead atoms. The largest absolute Gasteiger partial charge is 0.772 e. The highest BCUT2D eigenvalue weighted by Gasteiger charge is 2.79. The Morgan fingerprint density at radius 2 is 2.00 bits per heavy atom. The number of alkyl halides is 2. The minimum Gasteiger partial charge on any atom is -0.772 e. The minimum atomic E-state index is -2.16. The molecule has 2 rings (SSSR count). The van der Waals surface area contributed by atoms with E-state index in [1.54, 1.807) is 0 Å². The second-order valence-corrected chi connectivity index (χ2v) is 8.68. The van der Waals surface area contributed by atoms with Gasteiger partial charge in [0.05, 0.1) is 12.6 Å². The Balaban J connectivity index is 2.60. The van der Waals surface area contributed by atoms with Crippen LogP contribution in [-0.4, -0.2) is 31.5 Å². The molecule has 0 radical (unpaired) electrons. The lowest BCUT2D eigenvalue weighted by Crippen LogP contribution is -2.65. The van der Waals surface area contributed by atoms with E-state index in [0.717, 1.165) is 12.8 Å². The summed E-state index contributed by atoms with van der Waals surface area (Å²) >= 11 is 11.1. The molecule has 2 saturated carbocycles. The highest BCUT2D eigenvalue weighted by atomic mass is 35.5. The highest BCUT2D eigenvalue weighted by Crippen LogP contribution is 2.76. The minimum absolute atomic E-state index is 0.0273. The Kier molecular flexibility index (Phi) is 3.83. The number of halogens is 2. The smallest absolute Gasteiger partial charge is 0.142 e. The van der Waals surface area contributed by atoms with Crippen molar-refractivity contribution in [3.05, 3.63) is 0 Å². The van der Waals surface area contributed by atoms with E-state index in [1.807, 2.05) is 6.92 Å². The molecule has 0 aliphatic heterocycles. The molecule has 2 fully saturated rings. The molecule has 19 heavy (non-hydrogen) atoms. The first kappa shape index (κ1) is 16.0. The molecule has 0 saturated heterocycles. The summed E-state index contributed by atoms with van der Waals surface area (Å²) in [5, 5.41) is 0. The maximum absolute atomic E-state index is 11.4. The topological polar surface area (TPSA) is 61.4 Å². The van der Waals surface area contributed by atoms with E-state index in [9.17, 15) is 8.76 Å². The lowest BCUT2D eigenvalue weighted by atomic mass is 9.63. The van der Waals surface area contributed by atoms with E-state index in [2.05, 4.69) is 19.3 Å². The molecule has 4 unspecified atom stereocenters. The van der Waals surface area contributed by atoms with Crippen LogP contribution in [0.25, 0.3) is 0 Å². The molecule has 4 atom stereocenters. The first-order chi connectivity index (χ1) is 8.57. The van der Waals surface area contributed by atoms with Crippen molar-refractivity contribution in [1.29, 1.82) is 0 Å². The number of hydroxylamine groups is 1. The van der Waals surface area contributed by atoms with Crippen LogP contribution in [-0.2, 0) is 15.9 Å². The predicted octanol–water partition coefficient (Wildman–Crippen LogP) is 2.39. The molecular formula is C12H20Cl2NO3S-. The van der Waals surface area contributed by atoms with Crippen molar-refractivity contribution in [1.82, 2.24) is 5.48 Å². The molecule has 1 N–H and O–H groups in total. The van der Waals surface area contributed by atoms with Gasteiger partial charge in [-0.3, -0.25) is 4.21 Å². The molecule has 0 heterocycles. The van der Waals surface area contributed by atoms with Gasteiger partial charge < -0.3 is 9.39 Å². The number of hydrogen-bond acceptors (Lipinski definition) is 4. The Morgan fingerprint density at radius 3 is 2.47 bits per heavy atom. The van der Waals surface area contributed by atoms with Gasteiger partial charge in [-0.15, -0.1) is 0 Å². The number of nitrogens with one attached hydrogen (secondary N) is 1. The van der Waals surface area contributed by atoms with Crippen LogP contribution in [0.3, 0.4) is 0 Å². The van der Waals surface area contributed by atoms with Crippen LogP contribution >= 0.6 is 23.2 Å². The van der Waals surface area contributed by atoms with Gasteiger partial charge in [0.25, 0.3) is 0 Å². The van der Waals surface area contributed by atoms with Crippen molar-refractivity contribution in [2.75, 3.05) is 12.9 Å². The van der Waals surface area contributed by atoms with Gasteiger partial charge in [-0.2, -0.15) is 5.48 Å². The van der Waals surface area contributed by atoms with E-state index in [4.69, 9.17) is 28.0 Å². The van der Waals surface area contributed by atoms with Crippen LogP contribution in [0.2, 0.25) is 0 Å². The molecule has 2 aliphatic carbocycles. The molecule has 0 amide bonds. The summed E-state index contributed by atoms with van der Waals surface area (Å²) in [5.74, 6) is 0.0596. The van der Waals surface area contributed by atoms with Crippen LogP contribution in [0.4, 0.5) is 0 Å². The van der Waals surface area contributed by atoms with Crippen molar-refractivity contribution in [3.8, 4) is 0 Å². The lowest BCUT2D eigenvalue weighted by molar-refractivity contribution is -0.0551. The molecule has 4 nitrogen and oxygen atoms in total. The SMILES string of the molecule is CONC1(C)C(Cl)(Cl)C2CCC1(CS(=O)[O-])C2(C)C. The monoisotopic (exact) mass is 328 g/mol. The third-order valence-corrected chi connectivity index (χ3v) is 7.71. The molecule has 0 spiro atoms. The number of rotatable bonds is 4. The van der Waals surface area contributed by atoms with E-state index < -0.39 is 26.4 Å². The summed E-state index contributed by atoms with van der Waals surface area (Å²) < 4.78 is 21.7. The fourth-order valence-electron chi connectivity index (χ4n) is 4.58. The van der Waals surface area contributed by atoms with Crippen molar-refractivity contribution in [2.24, 2.45) is 16.7 Å². The van der Waals surface area contributed by atoms with Gasteiger partial charge in [0, 0.05) is 11.2 Å². The van der Waals surface area contributed by atoms with E-state index in [-0.39, 0.29) is 17.1 Å². The van der Waals surface area contributed by atoms with Crippen LogP contribution in [0.15, 0.2) is 0 Å². The van der Waals surface area contributed by atoms with Gasteiger partial charge >= 0.3 is 0 Å². The predicted molar refractivity (Wildman–Crippen MR) is 75.7 cm³/mol. The van der Waals surface area contributed by atoms with Crippen LogP contribution in [0.1, 0.15) is 33.6 Å². The van der Waals surface area contributed by atoms with Crippen molar-refractivity contribution in [2.45, 2.75) is 43.5 Å². The summed E-state index contributed by atoms with van der Waals surface area (Å²) in [6.45, 7) is 5.98. The molecule has 7 heteroatoms. The first-order valence-electron chi connectivity index (χ1n) is 6.31. The quantitative estimate of drug-likeness (QED) is 0.489. The van der Waals surface area contributed by atoms with E-state index in [1.165, 1.54) is 7.11 Å². The van der Waals surface area contributed by atoms with Gasteiger partial charge in [0.2, 0.25) is 0 Å². The average Bonchev–Trinajstić information content (AvgIpc) is 2.53. The number of hydrogen-bond donors (Lipinski definition) is 1. The normalized spacial score (nSPS) is 44.5. The summed E-state index contributed by atoms with van der Waals surface area (Å²) in [4.78, 5) is 5.10. The maximum atomic E-state index is 11.4. The molecule has 2 aliphatic rings. The van der Waals surface area contributed by atoms with Gasteiger partial charge in [-0.25, -0.2) is 0 Å². The standard InChI is InChI=1S/C12H21Cl2NO3S/c1-9(2)8-5-6-11(9,7-19(16)17)10(3,15-18-4)12(8,13)14/h8,15H,5-7H2,1-4H3,(H,16,17)/p-1. The van der Waals surface area contributed by atoms with Crippen LogP contribution < -0.4 is 5.48 Å². The van der Waals surface area contributed by atoms with Crippen molar-refractivity contribution < 1.29 is 13.6 Å². The zero-order chi connectivity index (χ0) is 14.7. The van der Waals surface area contributed by atoms with Crippen LogP contribution in [0.5, 0.6) is 0 Å². The van der Waals surface area contributed by atoms with E-state index >= 15 is 0 Å². The Morgan fingerprint density at radius 1 is 1.42 bits per heavy atom. The third-order valence-electron chi connectivity index (χ3n) is 5.70. The highest BCUT2D eigenvalue weighted by molar-refractivity contribution is 7.79. The van der Waals surface area contributed by atoms with E-state index in [0.29, 0.717) is 0 Å². The van der Waals surface area contributed by atoms with Gasteiger partial charge in [-0.05, 0) is 31.1 Å².